The van der Waals surface area contributed by atoms with Gasteiger partial charge in [-0.25, -0.2) is 4.79 Å². The summed E-state index contributed by atoms with van der Waals surface area (Å²) in [6.45, 7) is 0.943. The summed E-state index contributed by atoms with van der Waals surface area (Å²) in [6.07, 6.45) is 2.68. The lowest BCUT2D eigenvalue weighted by molar-refractivity contribution is 0.232. The van der Waals surface area contributed by atoms with Gasteiger partial charge in [-0.3, -0.25) is 5.84 Å². The minimum atomic E-state index is -0.235. The van der Waals surface area contributed by atoms with Gasteiger partial charge in [0.25, 0.3) is 0 Å². The Labute approximate surface area is 142 Å². The second kappa shape index (κ2) is 10.3. The third kappa shape index (κ3) is 7.21. The predicted octanol–water partition coefficient (Wildman–Crippen LogP) is -0.182. The Morgan fingerprint density at radius 2 is 1.96 bits per heavy atom. The molecule has 1 unspecified atom stereocenters. The fourth-order valence-corrected chi connectivity index (χ4v) is 2.13. The second-order valence-corrected chi connectivity index (χ2v) is 5.71. The van der Waals surface area contributed by atoms with Crippen LogP contribution in [0.15, 0.2) is 36.2 Å². The van der Waals surface area contributed by atoms with E-state index in [1.165, 1.54) is 6.20 Å². The average molecular weight is 336 g/mol. The number of benzene rings is 1. The van der Waals surface area contributed by atoms with E-state index in [1.807, 2.05) is 26.2 Å². The smallest absolute Gasteiger partial charge is 0.314 e. The maximum Gasteiger partial charge on any atom is 0.314 e. The van der Waals surface area contributed by atoms with Crippen molar-refractivity contribution in [1.29, 1.82) is 0 Å². The van der Waals surface area contributed by atoms with Gasteiger partial charge in [-0.15, -0.1) is 0 Å². The number of nitrogens with one attached hydrogen (secondary N) is 3. The maximum absolute atomic E-state index is 11.8. The van der Waals surface area contributed by atoms with E-state index in [0.717, 1.165) is 12.0 Å². The predicted molar refractivity (Wildman–Crippen MR) is 94.9 cm³/mol. The minimum absolute atomic E-state index is 0.144. The molecule has 24 heavy (non-hydrogen) atoms. The van der Waals surface area contributed by atoms with Crippen LogP contribution in [0.5, 0.6) is 5.75 Å². The molecule has 0 aliphatic rings. The number of carbonyl (C=O) groups excluding carboxylic acids is 1. The third-order valence-corrected chi connectivity index (χ3v) is 3.70. The largest absolute Gasteiger partial charge is 0.508 e. The Morgan fingerprint density at radius 1 is 1.29 bits per heavy atom. The lowest BCUT2D eigenvalue weighted by Gasteiger charge is -2.25. The van der Waals surface area contributed by atoms with Crippen molar-refractivity contribution in [2.24, 2.45) is 11.6 Å². The summed E-state index contributed by atoms with van der Waals surface area (Å²) in [5.41, 5.74) is 9.58. The highest BCUT2D eigenvalue weighted by molar-refractivity contribution is 5.73. The van der Waals surface area contributed by atoms with E-state index in [4.69, 9.17) is 11.6 Å². The Balaban J connectivity index is 2.40. The SMILES string of the molecule is CN(C)C(CNC(=O)NCC/C(=C/N)NN)Cc1ccc(O)cc1. The van der Waals surface area contributed by atoms with Crippen LogP contribution in [-0.4, -0.2) is 49.3 Å². The summed E-state index contributed by atoms with van der Waals surface area (Å²) in [7, 11) is 3.94. The number of amides is 2. The molecule has 0 aliphatic carbocycles. The molecule has 0 spiro atoms. The first kappa shape index (κ1) is 19.6. The van der Waals surface area contributed by atoms with Crippen LogP contribution in [0, 0.1) is 0 Å². The van der Waals surface area contributed by atoms with Gasteiger partial charge in [0.05, 0.1) is 0 Å². The highest BCUT2D eigenvalue weighted by Crippen LogP contribution is 2.12. The molecule has 0 bridgehead atoms. The number of urea groups is 1. The summed E-state index contributed by atoms with van der Waals surface area (Å²) >= 11 is 0. The molecular weight excluding hydrogens is 308 g/mol. The van der Waals surface area contributed by atoms with E-state index in [9.17, 15) is 9.90 Å². The molecule has 0 aliphatic heterocycles. The molecule has 8 nitrogen and oxygen atoms in total. The van der Waals surface area contributed by atoms with Crippen molar-refractivity contribution in [1.82, 2.24) is 21.0 Å². The van der Waals surface area contributed by atoms with Crippen LogP contribution in [0.3, 0.4) is 0 Å². The van der Waals surface area contributed by atoms with Crippen LogP contribution in [0.1, 0.15) is 12.0 Å². The van der Waals surface area contributed by atoms with Gasteiger partial charge in [-0.1, -0.05) is 12.1 Å². The van der Waals surface area contributed by atoms with Crippen molar-refractivity contribution in [3.63, 3.8) is 0 Å². The Hall–Kier alpha value is -2.45. The molecule has 0 heterocycles. The van der Waals surface area contributed by atoms with Crippen LogP contribution in [0.25, 0.3) is 0 Å². The van der Waals surface area contributed by atoms with Crippen molar-refractivity contribution in [3.8, 4) is 5.75 Å². The number of rotatable bonds is 9. The van der Waals surface area contributed by atoms with E-state index in [0.29, 0.717) is 25.2 Å². The molecule has 1 aromatic carbocycles. The van der Waals surface area contributed by atoms with Crippen molar-refractivity contribution >= 4 is 6.03 Å². The van der Waals surface area contributed by atoms with Crippen molar-refractivity contribution in [2.75, 3.05) is 27.2 Å². The first-order chi connectivity index (χ1) is 11.5. The molecule has 0 radical (unpaired) electrons. The lowest BCUT2D eigenvalue weighted by Crippen LogP contribution is -2.45. The van der Waals surface area contributed by atoms with E-state index < -0.39 is 0 Å². The van der Waals surface area contributed by atoms with E-state index in [-0.39, 0.29) is 17.8 Å². The van der Waals surface area contributed by atoms with Gasteiger partial charge in [-0.2, -0.15) is 0 Å². The highest BCUT2D eigenvalue weighted by atomic mass is 16.3. The molecule has 8 N–H and O–H groups in total. The highest BCUT2D eigenvalue weighted by Gasteiger charge is 2.13. The van der Waals surface area contributed by atoms with Crippen molar-refractivity contribution < 1.29 is 9.90 Å². The zero-order valence-corrected chi connectivity index (χ0v) is 14.2. The minimum Gasteiger partial charge on any atom is -0.508 e. The van der Waals surface area contributed by atoms with Gasteiger partial charge < -0.3 is 31.8 Å². The van der Waals surface area contributed by atoms with Gasteiger partial charge >= 0.3 is 6.03 Å². The molecule has 1 aromatic rings. The number of likely N-dealkylation sites (N-methyl/N-ethyl adjacent to an activating group) is 1. The van der Waals surface area contributed by atoms with Crippen LogP contribution < -0.4 is 27.6 Å². The van der Waals surface area contributed by atoms with Crippen molar-refractivity contribution in [3.05, 3.63) is 41.7 Å². The fraction of sp³-hybridized carbons (Fsp3) is 0.438. The third-order valence-electron chi connectivity index (χ3n) is 3.70. The lowest BCUT2D eigenvalue weighted by atomic mass is 10.1. The summed E-state index contributed by atoms with van der Waals surface area (Å²) in [5.74, 6) is 5.51. The van der Waals surface area contributed by atoms with Gasteiger partial charge in [0.1, 0.15) is 5.75 Å². The van der Waals surface area contributed by atoms with Crippen LogP contribution in [0.2, 0.25) is 0 Å². The van der Waals surface area contributed by atoms with Gasteiger partial charge in [0.2, 0.25) is 0 Å². The van der Waals surface area contributed by atoms with Crippen LogP contribution in [-0.2, 0) is 6.42 Å². The van der Waals surface area contributed by atoms with E-state index >= 15 is 0 Å². The number of phenolic OH excluding ortho intramolecular Hbond substituents is 1. The quantitative estimate of drug-likeness (QED) is 0.274. The normalized spacial score (nSPS) is 12.8. The number of hydrogen-bond acceptors (Lipinski definition) is 6. The first-order valence-electron chi connectivity index (χ1n) is 7.79. The van der Waals surface area contributed by atoms with Gasteiger partial charge in [-0.05, 0) is 38.2 Å². The number of nitrogens with two attached hydrogens (primary N) is 2. The topological polar surface area (TPSA) is 129 Å². The molecule has 134 valence electrons. The number of hydrogen-bond donors (Lipinski definition) is 6. The molecule has 2 amide bonds. The number of aromatic hydroxyl groups is 1. The summed E-state index contributed by atoms with van der Waals surface area (Å²) < 4.78 is 0. The van der Waals surface area contributed by atoms with Crippen LogP contribution >= 0.6 is 0 Å². The number of hydrazine groups is 1. The maximum atomic E-state index is 11.8. The molecule has 1 atom stereocenters. The number of nitrogens with zero attached hydrogens (tertiary/aromatic N) is 1. The van der Waals surface area contributed by atoms with Crippen molar-refractivity contribution in [2.45, 2.75) is 18.9 Å². The Morgan fingerprint density at radius 3 is 2.50 bits per heavy atom. The zero-order valence-electron chi connectivity index (χ0n) is 14.2. The first-order valence-corrected chi connectivity index (χ1v) is 7.79. The molecule has 0 saturated carbocycles. The molecular formula is C16H28N6O2. The second-order valence-electron chi connectivity index (χ2n) is 5.71. The molecule has 0 fully saturated rings. The van der Waals surface area contributed by atoms with E-state index in [1.54, 1.807) is 12.1 Å². The van der Waals surface area contributed by atoms with Gasteiger partial charge in [0.15, 0.2) is 0 Å². The molecule has 0 aromatic heterocycles. The Kier molecular flexibility index (Phi) is 8.45. The summed E-state index contributed by atoms with van der Waals surface area (Å²) in [5, 5.41) is 14.9. The molecule has 8 heteroatoms. The number of carbonyl (C=O) groups is 1. The van der Waals surface area contributed by atoms with E-state index in [2.05, 4.69) is 21.0 Å². The monoisotopic (exact) mass is 336 g/mol. The number of phenols is 1. The van der Waals surface area contributed by atoms with Gasteiger partial charge in [0, 0.05) is 37.4 Å². The average Bonchev–Trinajstić information content (AvgIpc) is 2.57. The molecule has 0 saturated heterocycles. The summed E-state index contributed by atoms with van der Waals surface area (Å²) in [6, 6.07) is 7.00. The fourth-order valence-electron chi connectivity index (χ4n) is 2.13. The van der Waals surface area contributed by atoms with Crippen LogP contribution in [0.4, 0.5) is 4.79 Å². The Bertz CT molecular complexity index is 530. The summed E-state index contributed by atoms with van der Waals surface area (Å²) in [4.78, 5) is 13.9. The standard InChI is InChI=1S/C16H28N6O2/c1-22(2)14(9-12-3-5-15(23)6-4-12)11-20-16(24)19-8-7-13(10-17)21-18/h3-6,10,14,21,23H,7-9,11,17-18H2,1-2H3,(H2,19,20,24)/b13-10-. The molecule has 1 rings (SSSR count). The zero-order chi connectivity index (χ0) is 17.9.